The van der Waals surface area contributed by atoms with Gasteiger partial charge in [-0.1, -0.05) is 18.2 Å². The van der Waals surface area contributed by atoms with Crippen LogP contribution in [0.4, 0.5) is 5.82 Å². The fraction of sp³-hybridized carbons (Fsp3) is 0.400. The molecule has 7 N–H and O–H groups in total. The summed E-state index contributed by atoms with van der Waals surface area (Å²) >= 11 is 0. The van der Waals surface area contributed by atoms with Gasteiger partial charge in [-0.05, 0) is 74.5 Å². The highest BCUT2D eigenvalue weighted by Crippen LogP contribution is 2.28. The number of anilines is 1. The van der Waals surface area contributed by atoms with Crippen molar-refractivity contribution in [1.29, 1.82) is 0 Å². The van der Waals surface area contributed by atoms with Gasteiger partial charge in [-0.15, -0.1) is 0 Å². The first kappa shape index (κ1) is 24.8. The van der Waals surface area contributed by atoms with Gasteiger partial charge < -0.3 is 21.5 Å². The lowest BCUT2D eigenvalue weighted by Gasteiger charge is -2.33. The summed E-state index contributed by atoms with van der Waals surface area (Å²) in [5.41, 5.74) is 9.63. The van der Waals surface area contributed by atoms with Crippen LogP contribution in [0.5, 0.6) is 0 Å². The van der Waals surface area contributed by atoms with Gasteiger partial charge in [0.2, 0.25) is 5.91 Å². The van der Waals surface area contributed by atoms with E-state index in [1.54, 1.807) is 19.2 Å². The highest BCUT2D eigenvalue weighted by atomic mass is 16.3. The lowest BCUT2D eigenvalue weighted by atomic mass is 9.88. The molecule has 4 rings (SSSR count). The zero-order valence-corrected chi connectivity index (χ0v) is 20.1. The van der Waals surface area contributed by atoms with Crippen molar-refractivity contribution in [3.63, 3.8) is 0 Å². The molecule has 3 aromatic rings. The maximum Gasteiger partial charge on any atom is 0.237 e. The number of carbonyl (C=O) groups is 1. The number of piperidine rings is 1. The van der Waals surface area contributed by atoms with E-state index >= 15 is 0 Å². The van der Waals surface area contributed by atoms with Crippen LogP contribution < -0.4 is 27.0 Å². The number of nitrogens with two attached hydrogens (primary N) is 1. The second-order valence-corrected chi connectivity index (χ2v) is 8.93. The topological polar surface area (TPSA) is 142 Å². The van der Waals surface area contributed by atoms with Crippen LogP contribution in [-0.4, -0.2) is 50.9 Å². The zero-order valence-electron chi connectivity index (χ0n) is 20.1. The van der Waals surface area contributed by atoms with Gasteiger partial charge in [0.15, 0.2) is 6.35 Å². The minimum absolute atomic E-state index is 0.0941. The van der Waals surface area contributed by atoms with Crippen LogP contribution in [0, 0.1) is 6.92 Å². The monoisotopic (exact) mass is 478 g/mol. The highest BCUT2D eigenvalue weighted by molar-refractivity contribution is 5.81. The Morgan fingerprint density at radius 1 is 1.31 bits per heavy atom. The van der Waals surface area contributed by atoms with Gasteiger partial charge in [0.25, 0.3) is 0 Å². The fourth-order valence-electron chi connectivity index (χ4n) is 4.37. The summed E-state index contributed by atoms with van der Waals surface area (Å²) in [4.78, 5) is 16.7. The molecule has 10 heteroatoms. The first-order chi connectivity index (χ1) is 16.9. The van der Waals surface area contributed by atoms with E-state index < -0.39 is 12.4 Å². The summed E-state index contributed by atoms with van der Waals surface area (Å²) in [7, 11) is 0. The van der Waals surface area contributed by atoms with Crippen molar-refractivity contribution in [2.24, 2.45) is 0 Å². The minimum Gasteiger partial charge on any atom is -0.384 e. The molecule has 1 saturated heterocycles. The Kier molecular flexibility index (Phi) is 8.09. The molecule has 1 aliphatic rings. The number of nitrogen functional groups attached to an aromatic ring is 1. The van der Waals surface area contributed by atoms with Gasteiger partial charge in [0.1, 0.15) is 5.82 Å². The Bertz CT molecular complexity index is 1120. The molecule has 1 fully saturated rings. The van der Waals surface area contributed by atoms with Crippen molar-refractivity contribution in [2.75, 3.05) is 12.3 Å². The Morgan fingerprint density at radius 3 is 2.94 bits per heavy atom. The van der Waals surface area contributed by atoms with Crippen LogP contribution in [-0.2, 0) is 11.3 Å². The molecule has 4 atom stereocenters. The summed E-state index contributed by atoms with van der Waals surface area (Å²) in [5, 5.41) is 27.2. The number of hydrogen-bond donors (Lipinski definition) is 6. The lowest BCUT2D eigenvalue weighted by Crippen LogP contribution is -2.58. The number of aliphatic hydroxyl groups excluding tert-OH is 1. The van der Waals surface area contributed by atoms with Gasteiger partial charge in [-0.2, -0.15) is 5.10 Å². The van der Waals surface area contributed by atoms with Crippen LogP contribution in [0.3, 0.4) is 0 Å². The molecule has 1 aromatic carbocycles. The quantitative estimate of drug-likeness (QED) is 0.251. The van der Waals surface area contributed by atoms with Gasteiger partial charge in [0, 0.05) is 24.6 Å². The Hall–Kier alpha value is -3.31. The summed E-state index contributed by atoms with van der Waals surface area (Å²) < 4.78 is 1.85. The van der Waals surface area contributed by atoms with Crippen molar-refractivity contribution in [1.82, 2.24) is 36.0 Å². The third-order valence-electron chi connectivity index (χ3n) is 6.34. The molecule has 2 aromatic heterocycles. The minimum atomic E-state index is -1.04. The molecule has 0 aliphatic carbocycles. The Labute approximate surface area is 205 Å². The molecule has 186 valence electrons. The number of hydrogen-bond acceptors (Lipinski definition) is 8. The van der Waals surface area contributed by atoms with E-state index in [1.165, 1.54) is 5.56 Å². The van der Waals surface area contributed by atoms with Crippen molar-refractivity contribution < 1.29 is 9.90 Å². The average Bonchev–Trinajstić information content (AvgIpc) is 3.39. The van der Waals surface area contributed by atoms with Crippen LogP contribution in [0.25, 0.3) is 5.69 Å². The first-order valence-electron chi connectivity index (χ1n) is 11.9. The molecule has 1 unspecified atom stereocenters. The van der Waals surface area contributed by atoms with E-state index in [9.17, 15) is 9.90 Å². The van der Waals surface area contributed by atoms with E-state index in [1.807, 2.05) is 36.0 Å². The standard InChI is InChI=1S/C25H34N8O2/c1-16-20(7-8-22(26)30-16)15-28-24(34)17(2)31-25(35)32-23-14-19(9-11-27-23)18-5-3-6-21(13-18)33-12-4-10-29-33/h3-8,10,12-13,17,19,23,25,27,31-32,35H,9,11,14-15H2,1-2H3,(H2,26,30)(H,28,34)/t17-,19-,23-,25?/m0/s1. The van der Waals surface area contributed by atoms with Gasteiger partial charge in [0.05, 0.1) is 17.9 Å². The van der Waals surface area contributed by atoms with Gasteiger partial charge >= 0.3 is 0 Å². The van der Waals surface area contributed by atoms with E-state index in [2.05, 4.69) is 49.5 Å². The highest BCUT2D eigenvalue weighted by Gasteiger charge is 2.25. The third-order valence-corrected chi connectivity index (χ3v) is 6.34. The number of nitrogens with one attached hydrogen (secondary N) is 4. The van der Waals surface area contributed by atoms with Crippen molar-refractivity contribution >= 4 is 11.7 Å². The average molecular weight is 479 g/mol. The molecule has 3 heterocycles. The predicted molar refractivity (Wildman–Crippen MR) is 134 cm³/mol. The van der Waals surface area contributed by atoms with Crippen molar-refractivity contribution in [3.05, 3.63) is 71.7 Å². The van der Waals surface area contributed by atoms with Crippen molar-refractivity contribution in [3.8, 4) is 5.69 Å². The smallest absolute Gasteiger partial charge is 0.237 e. The molecule has 0 bridgehead atoms. The molecule has 0 radical (unpaired) electrons. The summed E-state index contributed by atoms with van der Waals surface area (Å²) in [6.07, 6.45) is 4.38. The number of amides is 1. The summed E-state index contributed by atoms with van der Waals surface area (Å²) in [6.45, 7) is 4.74. The maximum atomic E-state index is 12.5. The van der Waals surface area contributed by atoms with E-state index in [0.717, 1.165) is 36.3 Å². The second kappa shape index (κ2) is 11.4. The number of carbonyl (C=O) groups excluding carboxylic acids is 1. The van der Waals surface area contributed by atoms with Crippen LogP contribution in [0.2, 0.25) is 0 Å². The zero-order chi connectivity index (χ0) is 24.8. The van der Waals surface area contributed by atoms with E-state index in [4.69, 9.17) is 5.73 Å². The number of aromatic nitrogens is 3. The third kappa shape index (κ3) is 6.64. The molecule has 0 spiro atoms. The normalized spacial score (nSPS) is 19.7. The molecule has 1 aliphatic heterocycles. The molecule has 35 heavy (non-hydrogen) atoms. The van der Waals surface area contributed by atoms with Crippen LogP contribution in [0.1, 0.15) is 42.5 Å². The first-order valence-corrected chi connectivity index (χ1v) is 11.9. The number of aliphatic hydroxyl groups is 1. The predicted octanol–water partition coefficient (Wildman–Crippen LogP) is 1.11. The number of pyridine rings is 1. The summed E-state index contributed by atoms with van der Waals surface area (Å²) in [5.74, 6) is 0.576. The SMILES string of the molecule is Cc1nc(N)ccc1CNC(=O)[C@H](C)NC(O)N[C@H]1C[C@@H](c2cccc(-n3cccn3)c2)CCN1. The lowest BCUT2D eigenvalue weighted by molar-refractivity contribution is -0.124. The molecular formula is C25H34N8O2. The maximum absolute atomic E-state index is 12.5. The van der Waals surface area contributed by atoms with Crippen LogP contribution >= 0.6 is 0 Å². The van der Waals surface area contributed by atoms with Crippen molar-refractivity contribution in [2.45, 2.75) is 57.7 Å². The fourth-order valence-corrected chi connectivity index (χ4v) is 4.37. The molecular weight excluding hydrogens is 444 g/mol. The van der Waals surface area contributed by atoms with Crippen LogP contribution in [0.15, 0.2) is 54.9 Å². The Balaban J connectivity index is 1.26. The van der Waals surface area contributed by atoms with E-state index in [0.29, 0.717) is 18.3 Å². The largest absolute Gasteiger partial charge is 0.384 e. The number of rotatable bonds is 9. The number of aryl methyl sites for hydroxylation is 1. The summed E-state index contributed by atoms with van der Waals surface area (Å²) in [6, 6.07) is 13.3. The number of nitrogens with zero attached hydrogens (tertiary/aromatic N) is 3. The second-order valence-electron chi connectivity index (χ2n) is 8.93. The van der Waals surface area contributed by atoms with E-state index in [-0.39, 0.29) is 12.1 Å². The molecule has 10 nitrogen and oxygen atoms in total. The van der Waals surface area contributed by atoms with Gasteiger partial charge in [-0.3, -0.25) is 15.4 Å². The molecule has 1 amide bonds. The molecule has 0 saturated carbocycles. The Morgan fingerprint density at radius 2 is 2.17 bits per heavy atom. The van der Waals surface area contributed by atoms with Gasteiger partial charge in [-0.25, -0.2) is 9.67 Å². The number of benzene rings is 1.